The van der Waals surface area contributed by atoms with Crippen LogP contribution in [0.5, 0.6) is 0 Å². The van der Waals surface area contributed by atoms with E-state index in [0.717, 1.165) is 30.2 Å². The Morgan fingerprint density at radius 1 is 1.08 bits per heavy atom. The molecule has 0 atom stereocenters. The molecule has 3 aromatic rings. The topological polar surface area (TPSA) is 58.9 Å². The summed E-state index contributed by atoms with van der Waals surface area (Å²) in [6, 6.07) is 9.51. The summed E-state index contributed by atoms with van der Waals surface area (Å²) in [6.45, 7) is 2.70. The lowest BCUT2D eigenvalue weighted by Crippen LogP contribution is -2.21. The summed E-state index contributed by atoms with van der Waals surface area (Å²) in [5, 5.41) is 12.5. The zero-order chi connectivity index (χ0) is 17.9. The van der Waals surface area contributed by atoms with Crippen LogP contribution in [0.25, 0.3) is 5.69 Å². The molecule has 26 heavy (non-hydrogen) atoms. The van der Waals surface area contributed by atoms with Gasteiger partial charge in [-0.3, -0.25) is 4.57 Å². The highest BCUT2D eigenvalue weighted by Crippen LogP contribution is 2.30. The number of nitrogens with zero attached hydrogens (tertiary/aromatic N) is 5. The molecule has 0 aliphatic carbocycles. The monoisotopic (exact) mass is 388 g/mol. The number of hydrogen-bond donors (Lipinski definition) is 1. The van der Waals surface area contributed by atoms with Gasteiger partial charge in [0.15, 0.2) is 0 Å². The summed E-state index contributed by atoms with van der Waals surface area (Å²) >= 11 is 12.5. The molecular weight excluding hydrogens is 371 g/mol. The molecule has 1 saturated heterocycles. The van der Waals surface area contributed by atoms with Crippen molar-refractivity contribution >= 4 is 35.0 Å². The van der Waals surface area contributed by atoms with E-state index in [4.69, 9.17) is 23.2 Å². The highest BCUT2D eigenvalue weighted by Gasteiger charge is 2.17. The fraction of sp³-hybridized carbons (Fsp3) is 0.278. The Bertz CT molecular complexity index is 904. The van der Waals surface area contributed by atoms with Crippen LogP contribution in [0, 0.1) is 0 Å². The molecule has 0 bridgehead atoms. The number of hydrogen-bond acceptors (Lipinski definition) is 5. The van der Waals surface area contributed by atoms with Crippen LogP contribution in [0.2, 0.25) is 10.0 Å². The van der Waals surface area contributed by atoms with Gasteiger partial charge in [0, 0.05) is 31.4 Å². The molecule has 6 nitrogen and oxygen atoms in total. The van der Waals surface area contributed by atoms with Gasteiger partial charge in [-0.05, 0) is 31.0 Å². The van der Waals surface area contributed by atoms with Crippen LogP contribution in [-0.4, -0.2) is 32.8 Å². The predicted octanol–water partition coefficient (Wildman–Crippen LogP) is 4.18. The lowest BCUT2D eigenvalue weighted by atomic mass is 10.2. The molecule has 134 valence electrons. The zero-order valence-electron chi connectivity index (χ0n) is 14.1. The van der Waals surface area contributed by atoms with Crippen LogP contribution in [0.15, 0.2) is 42.9 Å². The second-order valence-electron chi connectivity index (χ2n) is 6.13. The van der Waals surface area contributed by atoms with E-state index in [1.807, 2.05) is 24.4 Å². The minimum Gasteiger partial charge on any atom is -0.356 e. The lowest BCUT2D eigenvalue weighted by Gasteiger charge is -2.20. The van der Waals surface area contributed by atoms with Crippen LogP contribution in [0.4, 0.5) is 11.8 Å². The van der Waals surface area contributed by atoms with Gasteiger partial charge < -0.3 is 10.2 Å². The van der Waals surface area contributed by atoms with Crippen molar-refractivity contribution in [3.8, 4) is 5.69 Å². The van der Waals surface area contributed by atoms with Crippen LogP contribution < -0.4 is 10.2 Å². The van der Waals surface area contributed by atoms with E-state index in [-0.39, 0.29) is 0 Å². The average molecular weight is 389 g/mol. The first kappa shape index (κ1) is 17.1. The Balaban J connectivity index is 1.57. The van der Waals surface area contributed by atoms with E-state index < -0.39 is 0 Å². The largest absolute Gasteiger partial charge is 0.356 e. The molecule has 8 heteroatoms. The number of halogens is 2. The number of nitrogens with one attached hydrogen (secondary N) is 1. The Morgan fingerprint density at radius 2 is 1.92 bits per heavy atom. The molecule has 4 rings (SSSR count). The Hall–Kier alpha value is -2.31. The molecule has 0 amide bonds. The fourth-order valence-corrected chi connectivity index (χ4v) is 3.55. The molecular formula is C18H18Cl2N6. The first-order valence-corrected chi connectivity index (χ1v) is 9.27. The number of rotatable bonds is 5. The molecule has 0 spiro atoms. The maximum Gasteiger partial charge on any atom is 0.229 e. The van der Waals surface area contributed by atoms with Gasteiger partial charge in [-0.25, -0.2) is 4.98 Å². The van der Waals surface area contributed by atoms with Crippen molar-refractivity contribution in [1.82, 2.24) is 19.7 Å². The lowest BCUT2D eigenvalue weighted by molar-refractivity contribution is 0.909. The van der Waals surface area contributed by atoms with Gasteiger partial charge in [-0.2, -0.15) is 0 Å². The SMILES string of the molecule is Clc1cccc(-n2cnnc2NCc2cccnc2N2CCCC2)c1Cl. The van der Waals surface area contributed by atoms with Crippen molar-refractivity contribution in [2.24, 2.45) is 0 Å². The number of benzene rings is 1. The third-order valence-corrected chi connectivity index (χ3v) is 5.26. The smallest absolute Gasteiger partial charge is 0.229 e. The number of pyridine rings is 1. The first-order chi connectivity index (χ1) is 12.7. The Labute approximate surface area is 161 Å². The molecule has 0 unspecified atom stereocenters. The molecule has 3 heterocycles. The van der Waals surface area contributed by atoms with Crippen molar-refractivity contribution in [3.05, 3.63) is 58.5 Å². The van der Waals surface area contributed by atoms with Crippen LogP contribution >= 0.6 is 23.2 Å². The zero-order valence-corrected chi connectivity index (χ0v) is 15.6. The quantitative estimate of drug-likeness (QED) is 0.710. The molecule has 1 N–H and O–H groups in total. The molecule has 1 aliphatic heterocycles. The number of anilines is 2. The van der Waals surface area contributed by atoms with Crippen molar-refractivity contribution < 1.29 is 0 Å². The van der Waals surface area contributed by atoms with Gasteiger partial charge in [0.2, 0.25) is 5.95 Å². The van der Waals surface area contributed by atoms with E-state index in [2.05, 4.69) is 31.5 Å². The predicted molar refractivity (Wildman–Crippen MR) is 104 cm³/mol. The Kier molecular flexibility index (Phi) is 4.95. The minimum atomic E-state index is 0.469. The maximum absolute atomic E-state index is 6.33. The van der Waals surface area contributed by atoms with Crippen molar-refractivity contribution in [2.45, 2.75) is 19.4 Å². The van der Waals surface area contributed by atoms with Crippen molar-refractivity contribution in [2.75, 3.05) is 23.3 Å². The second-order valence-corrected chi connectivity index (χ2v) is 6.92. The van der Waals surface area contributed by atoms with E-state index in [0.29, 0.717) is 22.5 Å². The van der Waals surface area contributed by atoms with Crippen molar-refractivity contribution in [3.63, 3.8) is 0 Å². The van der Waals surface area contributed by atoms with Crippen LogP contribution in [-0.2, 0) is 6.54 Å². The summed E-state index contributed by atoms with van der Waals surface area (Å²) in [5.74, 6) is 1.63. The van der Waals surface area contributed by atoms with Gasteiger partial charge in [-0.15, -0.1) is 10.2 Å². The van der Waals surface area contributed by atoms with Gasteiger partial charge in [0.1, 0.15) is 12.1 Å². The van der Waals surface area contributed by atoms with Gasteiger partial charge in [0.05, 0.1) is 15.7 Å². The van der Waals surface area contributed by atoms with Gasteiger partial charge in [0.25, 0.3) is 0 Å². The highest BCUT2D eigenvalue weighted by molar-refractivity contribution is 6.43. The third kappa shape index (κ3) is 3.34. The Morgan fingerprint density at radius 3 is 2.77 bits per heavy atom. The normalized spacial score (nSPS) is 14.0. The number of aromatic nitrogens is 4. The standard InChI is InChI=1S/C18H18Cl2N6/c19-14-6-3-7-15(16(14)20)26-12-23-24-18(26)22-11-13-5-4-8-21-17(13)25-9-1-2-10-25/h3-8,12H,1-2,9-11H2,(H,22,24). The molecule has 2 aromatic heterocycles. The molecule has 0 radical (unpaired) electrons. The molecule has 1 fully saturated rings. The first-order valence-electron chi connectivity index (χ1n) is 8.51. The summed E-state index contributed by atoms with van der Waals surface area (Å²) in [4.78, 5) is 6.90. The van der Waals surface area contributed by atoms with Crippen molar-refractivity contribution in [1.29, 1.82) is 0 Å². The van der Waals surface area contributed by atoms with E-state index in [1.54, 1.807) is 17.0 Å². The summed E-state index contributed by atoms with van der Waals surface area (Å²) in [6.07, 6.45) is 5.88. The molecule has 0 saturated carbocycles. The van der Waals surface area contributed by atoms with Gasteiger partial charge >= 0.3 is 0 Å². The summed E-state index contributed by atoms with van der Waals surface area (Å²) in [7, 11) is 0. The second kappa shape index (κ2) is 7.51. The molecule has 1 aromatic carbocycles. The minimum absolute atomic E-state index is 0.469. The van der Waals surface area contributed by atoms with Gasteiger partial charge in [-0.1, -0.05) is 35.3 Å². The van der Waals surface area contributed by atoms with Crippen LogP contribution in [0.3, 0.4) is 0 Å². The van der Waals surface area contributed by atoms with Crippen LogP contribution in [0.1, 0.15) is 18.4 Å². The third-order valence-electron chi connectivity index (χ3n) is 4.45. The summed E-state index contributed by atoms with van der Waals surface area (Å²) < 4.78 is 1.79. The van der Waals surface area contributed by atoms with E-state index in [1.165, 1.54) is 12.8 Å². The fourth-order valence-electron chi connectivity index (χ4n) is 3.17. The maximum atomic E-state index is 6.33. The average Bonchev–Trinajstić information content (AvgIpc) is 3.34. The van der Waals surface area contributed by atoms with E-state index in [9.17, 15) is 0 Å². The molecule has 1 aliphatic rings. The highest BCUT2D eigenvalue weighted by atomic mass is 35.5. The van der Waals surface area contributed by atoms with E-state index >= 15 is 0 Å². The summed E-state index contributed by atoms with van der Waals surface area (Å²) in [5.41, 5.74) is 1.86.